The molecule has 1 N–H and O–H groups in total. The van der Waals surface area contributed by atoms with Gasteiger partial charge < -0.3 is 5.32 Å². The third-order valence-corrected chi connectivity index (χ3v) is 6.79. The number of para-hydroxylation sites is 1. The van der Waals surface area contributed by atoms with E-state index in [4.69, 9.17) is 5.26 Å². The van der Waals surface area contributed by atoms with E-state index < -0.39 is 15.9 Å². The van der Waals surface area contributed by atoms with Gasteiger partial charge >= 0.3 is 0 Å². The molecular weight excluding hydrogens is 362 g/mol. The fourth-order valence-electron chi connectivity index (χ4n) is 3.23. The Kier molecular flexibility index (Phi) is 5.59. The molecule has 0 radical (unpaired) electrons. The van der Waals surface area contributed by atoms with Gasteiger partial charge in [0.25, 0.3) is 5.91 Å². The van der Waals surface area contributed by atoms with Crippen LogP contribution in [0.3, 0.4) is 0 Å². The van der Waals surface area contributed by atoms with Gasteiger partial charge in [-0.15, -0.1) is 0 Å². The lowest BCUT2D eigenvalue weighted by atomic mass is 10.1. The van der Waals surface area contributed by atoms with Gasteiger partial charge in [-0.25, -0.2) is 8.42 Å². The molecule has 1 atom stereocenters. The van der Waals surface area contributed by atoms with Gasteiger partial charge in [-0.1, -0.05) is 18.6 Å². The SMILES string of the molecule is CC1CCCCN1S(=O)(=O)c1ccc(C(=O)Nc2ccccc2C#N)cc1. The standard InChI is InChI=1S/C20H21N3O3S/c1-15-6-4-5-13-23(15)27(25,26)18-11-9-16(10-12-18)20(24)22-19-8-3-2-7-17(19)14-21/h2-3,7-12,15H,4-6,13H2,1H3,(H,22,24). The Balaban J connectivity index is 1.79. The molecule has 7 heteroatoms. The summed E-state index contributed by atoms with van der Waals surface area (Å²) in [6.45, 7) is 2.45. The number of rotatable bonds is 4. The molecule has 0 spiro atoms. The lowest BCUT2D eigenvalue weighted by molar-refractivity contribution is 0.102. The molecule has 1 unspecified atom stereocenters. The van der Waals surface area contributed by atoms with Crippen molar-refractivity contribution in [2.75, 3.05) is 11.9 Å². The lowest BCUT2D eigenvalue weighted by Gasteiger charge is -2.32. The first-order valence-electron chi connectivity index (χ1n) is 8.86. The summed E-state index contributed by atoms with van der Waals surface area (Å²) in [5, 5.41) is 11.8. The zero-order valence-electron chi connectivity index (χ0n) is 15.1. The molecule has 0 aliphatic carbocycles. The monoisotopic (exact) mass is 383 g/mol. The number of anilines is 1. The summed E-state index contributed by atoms with van der Waals surface area (Å²) in [6, 6.07) is 14.6. The van der Waals surface area contributed by atoms with Gasteiger partial charge in [-0.3, -0.25) is 4.79 Å². The van der Waals surface area contributed by atoms with Crippen molar-refractivity contribution in [1.82, 2.24) is 4.31 Å². The summed E-state index contributed by atoms with van der Waals surface area (Å²) in [4.78, 5) is 12.6. The smallest absolute Gasteiger partial charge is 0.255 e. The Hall–Kier alpha value is -2.69. The lowest BCUT2D eigenvalue weighted by Crippen LogP contribution is -2.41. The largest absolute Gasteiger partial charge is 0.321 e. The van der Waals surface area contributed by atoms with Gasteiger partial charge in [0.1, 0.15) is 6.07 Å². The highest BCUT2D eigenvalue weighted by molar-refractivity contribution is 7.89. The summed E-state index contributed by atoms with van der Waals surface area (Å²) >= 11 is 0. The molecule has 27 heavy (non-hydrogen) atoms. The molecule has 2 aromatic rings. The second-order valence-electron chi connectivity index (χ2n) is 6.60. The fourth-order valence-corrected chi connectivity index (χ4v) is 4.93. The average Bonchev–Trinajstić information content (AvgIpc) is 2.68. The topological polar surface area (TPSA) is 90.3 Å². The van der Waals surface area contributed by atoms with Crippen molar-refractivity contribution in [1.29, 1.82) is 5.26 Å². The molecule has 1 aliphatic rings. The van der Waals surface area contributed by atoms with Crippen LogP contribution in [-0.2, 0) is 10.0 Å². The van der Waals surface area contributed by atoms with Crippen molar-refractivity contribution in [3.63, 3.8) is 0 Å². The summed E-state index contributed by atoms with van der Waals surface area (Å²) in [6.07, 6.45) is 2.76. The van der Waals surface area contributed by atoms with Crippen LogP contribution in [-0.4, -0.2) is 31.2 Å². The number of nitrogens with zero attached hydrogens (tertiary/aromatic N) is 2. The normalized spacial score (nSPS) is 17.9. The second kappa shape index (κ2) is 7.91. The number of carbonyl (C=O) groups is 1. The maximum absolute atomic E-state index is 12.8. The average molecular weight is 383 g/mol. The molecule has 1 aliphatic heterocycles. The zero-order chi connectivity index (χ0) is 19.4. The molecule has 140 valence electrons. The molecule has 0 saturated carbocycles. The summed E-state index contributed by atoms with van der Waals surface area (Å²) < 4.78 is 27.2. The minimum absolute atomic E-state index is 0.0193. The highest BCUT2D eigenvalue weighted by atomic mass is 32.2. The van der Waals surface area contributed by atoms with E-state index in [1.54, 1.807) is 24.3 Å². The first kappa shape index (κ1) is 19.1. The minimum atomic E-state index is -3.56. The quantitative estimate of drug-likeness (QED) is 0.876. The van der Waals surface area contributed by atoms with Crippen LogP contribution in [0.25, 0.3) is 0 Å². The van der Waals surface area contributed by atoms with Gasteiger partial charge in [-0.05, 0) is 56.2 Å². The van der Waals surface area contributed by atoms with E-state index in [-0.39, 0.29) is 10.9 Å². The number of benzene rings is 2. The van der Waals surface area contributed by atoms with Gasteiger partial charge in [0.2, 0.25) is 10.0 Å². The molecule has 0 aromatic heterocycles. The van der Waals surface area contributed by atoms with E-state index in [9.17, 15) is 13.2 Å². The van der Waals surface area contributed by atoms with E-state index in [0.717, 1.165) is 19.3 Å². The van der Waals surface area contributed by atoms with E-state index in [1.807, 2.05) is 13.0 Å². The molecule has 2 aromatic carbocycles. The van der Waals surface area contributed by atoms with Gasteiger partial charge in [-0.2, -0.15) is 9.57 Å². The van der Waals surface area contributed by atoms with Crippen LogP contribution in [0.5, 0.6) is 0 Å². The van der Waals surface area contributed by atoms with Crippen molar-refractivity contribution >= 4 is 21.6 Å². The van der Waals surface area contributed by atoms with Crippen LogP contribution < -0.4 is 5.32 Å². The third-order valence-electron chi connectivity index (χ3n) is 4.76. The number of carbonyl (C=O) groups excluding carboxylic acids is 1. The summed E-state index contributed by atoms with van der Waals surface area (Å²) in [5.74, 6) is -0.395. The van der Waals surface area contributed by atoms with Crippen molar-refractivity contribution in [2.45, 2.75) is 37.1 Å². The van der Waals surface area contributed by atoms with Crippen molar-refractivity contribution in [3.8, 4) is 6.07 Å². The highest BCUT2D eigenvalue weighted by Crippen LogP contribution is 2.25. The number of sulfonamides is 1. The minimum Gasteiger partial charge on any atom is -0.321 e. The fraction of sp³-hybridized carbons (Fsp3) is 0.300. The molecule has 1 heterocycles. The molecule has 1 saturated heterocycles. The van der Waals surface area contributed by atoms with Crippen LogP contribution in [0, 0.1) is 11.3 Å². The Morgan fingerprint density at radius 1 is 1.15 bits per heavy atom. The molecular formula is C20H21N3O3S. The summed E-state index contributed by atoms with van der Waals surface area (Å²) in [5.41, 5.74) is 1.11. The second-order valence-corrected chi connectivity index (χ2v) is 8.49. The Bertz CT molecular complexity index is 978. The van der Waals surface area contributed by atoms with Gasteiger partial charge in [0.15, 0.2) is 0 Å². The number of hydrogen-bond acceptors (Lipinski definition) is 4. The maximum Gasteiger partial charge on any atom is 0.255 e. The zero-order valence-corrected chi connectivity index (χ0v) is 15.9. The van der Waals surface area contributed by atoms with Crippen LogP contribution in [0.1, 0.15) is 42.1 Å². The number of nitriles is 1. The highest BCUT2D eigenvalue weighted by Gasteiger charge is 2.30. The Morgan fingerprint density at radius 2 is 1.85 bits per heavy atom. The maximum atomic E-state index is 12.8. The predicted molar refractivity (Wildman–Crippen MR) is 103 cm³/mol. The summed E-state index contributed by atoms with van der Waals surface area (Å²) in [7, 11) is -3.56. The third kappa shape index (κ3) is 4.02. The molecule has 1 amide bonds. The van der Waals surface area contributed by atoms with E-state index in [0.29, 0.717) is 23.4 Å². The van der Waals surface area contributed by atoms with Crippen LogP contribution >= 0.6 is 0 Å². The number of piperidine rings is 1. The van der Waals surface area contributed by atoms with Crippen molar-refractivity contribution in [3.05, 3.63) is 59.7 Å². The first-order valence-corrected chi connectivity index (χ1v) is 10.3. The van der Waals surface area contributed by atoms with E-state index in [2.05, 4.69) is 5.32 Å². The molecule has 6 nitrogen and oxygen atoms in total. The number of amides is 1. The predicted octanol–water partition coefficient (Wildman–Crippen LogP) is 3.37. The number of hydrogen-bond donors (Lipinski definition) is 1. The van der Waals surface area contributed by atoms with E-state index in [1.165, 1.54) is 28.6 Å². The van der Waals surface area contributed by atoms with Crippen molar-refractivity contribution in [2.24, 2.45) is 0 Å². The van der Waals surface area contributed by atoms with Gasteiger partial charge in [0.05, 0.1) is 16.1 Å². The first-order chi connectivity index (χ1) is 12.9. The molecule has 0 bridgehead atoms. The van der Waals surface area contributed by atoms with E-state index >= 15 is 0 Å². The van der Waals surface area contributed by atoms with Gasteiger partial charge in [0, 0.05) is 18.2 Å². The van der Waals surface area contributed by atoms with Crippen LogP contribution in [0.15, 0.2) is 53.4 Å². The van der Waals surface area contributed by atoms with Crippen LogP contribution in [0.4, 0.5) is 5.69 Å². The molecule has 3 rings (SSSR count). The Labute approximate surface area is 159 Å². The Morgan fingerprint density at radius 3 is 2.52 bits per heavy atom. The van der Waals surface area contributed by atoms with Crippen molar-refractivity contribution < 1.29 is 13.2 Å². The van der Waals surface area contributed by atoms with Crippen LogP contribution in [0.2, 0.25) is 0 Å². The number of nitrogens with one attached hydrogen (secondary N) is 1. The molecule has 1 fully saturated rings.